The number of hydrogen-bond donors (Lipinski definition) is 1. The Morgan fingerprint density at radius 2 is 1.78 bits per heavy atom. The molecule has 1 amide bonds. The standard InChI is InChI=1S/C15H13F3N2O3/c1-22-11-5-4-10(7-12(11)23-2)20-14(21)9-3-6-13(19-8-9)15(16,17)18/h3-8H,1-2H3,(H,20,21). The van der Waals surface area contributed by atoms with E-state index in [1.807, 2.05) is 0 Å². The van der Waals surface area contributed by atoms with Crippen molar-refractivity contribution in [1.29, 1.82) is 0 Å². The van der Waals surface area contributed by atoms with Gasteiger partial charge in [-0.05, 0) is 24.3 Å². The highest BCUT2D eigenvalue weighted by Crippen LogP contribution is 2.30. The molecule has 8 heteroatoms. The van der Waals surface area contributed by atoms with E-state index in [2.05, 4.69) is 10.3 Å². The van der Waals surface area contributed by atoms with Crippen LogP contribution in [0.25, 0.3) is 0 Å². The van der Waals surface area contributed by atoms with Crippen molar-refractivity contribution in [3.05, 3.63) is 47.8 Å². The van der Waals surface area contributed by atoms with E-state index >= 15 is 0 Å². The molecule has 0 radical (unpaired) electrons. The minimum absolute atomic E-state index is 0.00721. The van der Waals surface area contributed by atoms with Gasteiger partial charge in [-0.1, -0.05) is 0 Å². The third-order valence-corrected chi connectivity index (χ3v) is 2.96. The number of carbonyl (C=O) groups excluding carboxylic acids is 1. The zero-order valence-electron chi connectivity index (χ0n) is 12.3. The molecule has 1 heterocycles. The molecule has 122 valence electrons. The third kappa shape index (κ3) is 3.91. The Morgan fingerprint density at radius 3 is 2.30 bits per heavy atom. The monoisotopic (exact) mass is 326 g/mol. The second-order valence-electron chi connectivity index (χ2n) is 4.45. The van der Waals surface area contributed by atoms with Gasteiger partial charge in [-0.3, -0.25) is 9.78 Å². The number of anilines is 1. The maximum atomic E-state index is 12.4. The molecule has 1 aromatic heterocycles. The van der Waals surface area contributed by atoms with Crippen molar-refractivity contribution in [2.45, 2.75) is 6.18 Å². The molecule has 5 nitrogen and oxygen atoms in total. The van der Waals surface area contributed by atoms with Crippen LogP contribution in [-0.4, -0.2) is 25.1 Å². The second kappa shape index (κ2) is 6.55. The summed E-state index contributed by atoms with van der Waals surface area (Å²) in [5.74, 6) is 0.316. The Hall–Kier alpha value is -2.77. The molecule has 0 saturated heterocycles. The molecule has 0 saturated carbocycles. The van der Waals surface area contributed by atoms with Gasteiger partial charge in [0.2, 0.25) is 0 Å². The first kappa shape index (κ1) is 16.6. The first-order valence-electron chi connectivity index (χ1n) is 6.42. The van der Waals surface area contributed by atoms with Crippen molar-refractivity contribution in [3.63, 3.8) is 0 Å². The van der Waals surface area contributed by atoms with Crippen LogP contribution >= 0.6 is 0 Å². The minimum Gasteiger partial charge on any atom is -0.493 e. The minimum atomic E-state index is -4.54. The van der Waals surface area contributed by atoms with Gasteiger partial charge < -0.3 is 14.8 Å². The number of halogens is 3. The lowest BCUT2D eigenvalue weighted by Gasteiger charge is -2.11. The summed E-state index contributed by atoms with van der Waals surface area (Å²) in [6.07, 6.45) is -3.67. The van der Waals surface area contributed by atoms with E-state index in [0.717, 1.165) is 18.3 Å². The SMILES string of the molecule is COc1ccc(NC(=O)c2ccc(C(F)(F)F)nc2)cc1OC. The van der Waals surface area contributed by atoms with E-state index in [4.69, 9.17) is 9.47 Å². The first-order chi connectivity index (χ1) is 10.8. The van der Waals surface area contributed by atoms with Crippen LogP contribution in [0.3, 0.4) is 0 Å². The zero-order valence-corrected chi connectivity index (χ0v) is 12.3. The van der Waals surface area contributed by atoms with E-state index in [1.165, 1.54) is 20.3 Å². The lowest BCUT2D eigenvalue weighted by molar-refractivity contribution is -0.141. The van der Waals surface area contributed by atoms with Gasteiger partial charge in [0, 0.05) is 18.0 Å². The average Bonchev–Trinajstić information content (AvgIpc) is 2.54. The van der Waals surface area contributed by atoms with Gasteiger partial charge in [-0.25, -0.2) is 0 Å². The largest absolute Gasteiger partial charge is 0.493 e. The number of nitrogens with one attached hydrogen (secondary N) is 1. The molecule has 1 aromatic carbocycles. The molecule has 0 aliphatic heterocycles. The molecule has 0 bridgehead atoms. The number of methoxy groups -OCH3 is 2. The van der Waals surface area contributed by atoms with E-state index in [1.54, 1.807) is 12.1 Å². The Bertz CT molecular complexity index is 700. The Kier molecular flexibility index (Phi) is 4.73. The summed E-state index contributed by atoms with van der Waals surface area (Å²) < 4.78 is 47.5. The molecule has 0 aliphatic rings. The van der Waals surface area contributed by atoms with Crippen molar-refractivity contribution < 1.29 is 27.4 Å². The van der Waals surface area contributed by atoms with Crippen molar-refractivity contribution in [2.24, 2.45) is 0 Å². The Balaban J connectivity index is 2.16. The summed E-state index contributed by atoms with van der Waals surface area (Å²) in [7, 11) is 2.92. The van der Waals surface area contributed by atoms with Gasteiger partial charge in [0.25, 0.3) is 5.91 Å². The summed E-state index contributed by atoms with van der Waals surface area (Å²) in [6, 6.07) is 6.53. The number of benzene rings is 1. The highest BCUT2D eigenvalue weighted by molar-refractivity contribution is 6.04. The zero-order chi connectivity index (χ0) is 17.0. The van der Waals surface area contributed by atoms with Crippen LogP contribution in [0.15, 0.2) is 36.5 Å². The molecule has 2 rings (SSSR count). The maximum absolute atomic E-state index is 12.4. The van der Waals surface area contributed by atoms with Gasteiger partial charge in [0.05, 0.1) is 19.8 Å². The predicted molar refractivity (Wildman–Crippen MR) is 76.7 cm³/mol. The van der Waals surface area contributed by atoms with Crippen LogP contribution in [0, 0.1) is 0 Å². The highest BCUT2D eigenvalue weighted by Gasteiger charge is 2.32. The number of hydrogen-bond acceptors (Lipinski definition) is 4. The van der Waals surface area contributed by atoms with E-state index in [9.17, 15) is 18.0 Å². The number of carbonyl (C=O) groups is 1. The highest BCUT2D eigenvalue weighted by atomic mass is 19.4. The van der Waals surface area contributed by atoms with Gasteiger partial charge >= 0.3 is 6.18 Å². The van der Waals surface area contributed by atoms with Crippen molar-refractivity contribution >= 4 is 11.6 Å². The summed E-state index contributed by atoms with van der Waals surface area (Å²) in [4.78, 5) is 15.3. The molecule has 1 N–H and O–H groups in total. The lowest BCUT2D eigenvalue weighted by atomic mass is 10.2. The Labute approximate surface area is 130 Å². The lowest BCUT2D eigenvalue weighted by Crippen LogP contribution is -2.14. The number of nitrogens with zero attached hydrogens (tertiary/aromatic N) is 1. The van der Waals surface area contributed by atoms with Crippen LogP contribution in [-0.2, 0) is 6.18 Å². The molecule has 0 atom stereocenters. The summed E-state index contributed by atoms with van der Waals surface area (Å²) in [5.41, 5.74) is -0.638. The number of ether oxygens (including phenoxy) is 2. The van der Waals surface area contributed by atoms with Crippen molar-refractivity contribution in [3.8, 4) is 11.5 Å². The number of aromatic nitrogens is 1. The fraction of sp³-hybridized carbons (Fsp3) is 0.200. The molecule has 2 aromatic rings. The summed E-state index contributed by atoms with van der Waals surface area (Å²) in [6.45, 7) is 0. The first-order valence-corrected chi connectivity index (χ1v) is 6.42. The normalized spacial score (nSPS) is 11.0. The molecule has 0 unspecified atom stereocenters. The van der Waals surface area contributed by atoms with Gasteiger partial charge in [-0.15, -0.1) is 0 Å². The van der Waals surface area contributed by atoms with Crippen LogP contribution in [0.1, 0.15) is 16.1 Å². The number of alkyl halides is 3. The number of rotatable bonds is 4. The van der Waals surface area contributed by atoms with E-state index in [-0.39, 0.29) is 5.56 Å². The molecular formula is C15H13F3N2O3. The topological polar surface area (TPSA) is 60.5 Å². The van der Waals surface area contributed by atoms with Gasteiger partial charge in [0.15, 0.2) is 11.5 Å². The van der Waals surface area contributed by atoms with Crippen LogP contribution in [0.5, 0.6) is 11.5 Å². The van der Waals surface area contributed by atoms with Crippen molar-refractivity contribution in [1.82, 2.24) is 4.98 Å². The van der Waals surface area contributed by atoms with Gasteiger partial charge in [-0.2, -0.15) is 13.2 Å². The fourth-order valence-electron chi connectivity index (χ4n) is 1.81. The average molecular weight is 326 g/mol. The van der Waals surface area contributed by atoms with Crippen molar-refractivity contribution in [2.75, 3.05) is 19.5 Å². The van der Waals surface area contributed by atoms with Crippen LogP contribution in [0.4, 0.5) is 18.9 Å². The maximum Gasteiger partial charge on any atom is 0.433 e. The second-order valence-corrected chi connectivity index (χ2v) is 4.45. The quantitative estimate of drug-likeness (QED) is 0.936. The molecule has 0 spiro atoms. The number of amides is 1. The van der Waals surface area contributed by atoms with Gasteiger partial charge in [0.1, 0.15) is 5.69 Å². The Morgan fingerprint density at radius 1 is 1.09 bits per heavy atom. The molecule has 23 heavy (non-hydrogen) atoms. The smallest absolute Gasteiger partial charge is 0.433 e. The van der Waals surface area contributed by atoms with Crippen LogP contribution in [0.2, 0.25) is 0 Å². The third-order valence-electron chi connectivity index (χ3n) is 2.96. The summed E-state index contributed by atoms with van der Waals surface area (Å²) in [5, 5.41) is 2.55. The fourth-order valence-corrected chi connectivity index (χ4v) is 1.81. The number of pyridine rings is 1. The molecule has 0 aliphatic carbocycles. The van der Waals surface area contributed by atoms with E-state index in [0.29, 0.717) is 17.2 Å². The van der Waals surface area contributed by atoms with E-state index < -0.39 is 17.8 Å². The molecular weight excluding hydrogens is 313 g/mol. The molecule has 0 fully saturated rings. The predicted octanol–water partition coefficient (Wildman–Crippen LogP) is 3.37. The summed E-state index contributed by atoms with van der Waals surface area (Å²) >= 11 is 0. The van der Waals surface area contributed by atoms with Crippen LogP contribution < -0.4 is 14.8 Å².